The summed E-state index contributed by atoms with van der Waals surface area (Å²) < 4.78 is 18.6. The monoisotopic (exact) mass is 281 g/mol. The van der Waals surface area contributed by atoms with Crippen molar-refractivity contribution in [1.82, 2.24) is 10.6 Å². The molecule has 0 aliphatic rings. The van der Waals surface area contributed by atoms with E-state index in [0.717, 1.165) is 12.5 Å². The molecule has 0 spiro atoms. The predicted octanol–water partition coefficient (Wildman–Crippen LogP) is 1.96. The zero-order valence-corrected chi connectivity index (χ0v) is 12.4. The number of rotatable bonds is 7. The molecule has 0 bridgehead atoms. The number of hydrogen-bond acceptors (Lipinski definition) is 2. The molecule has 5 heteroatoms. The highest BCUT2D eigenvalue weighted by molar-refractivity contribution is 5.80. The maximum absolute atomic E-state index is 13.5. The number of nitrogens with one attached hydrogen (secondary N) is 2. The van der Waals surface area contributed by atoms with Gasteiger partial charge in [0.25, 0.3) is 0 Å². The minimum absolute atomic E-state index is 0.172. The van der Waals surface area contributed by atoms with E-state index in [-0.39, 0.29) is 11.9 Å². The van der Waals surface area contributed by atoms with Crippen molar-refractivity contribution in [3.8, 4) is 0 Å². The SMILES string of the molecule is CCNC(=NCCc1ccccc1F)NC(C)COC. The molecule has 0 aliphatic carbocycles. The summed E-state index contributed by atoms with van der Waals surface area (Å²) >= 11 is 0. The normalized spacial score (nSPS) is 13.1. The zero-order chi connectivity index (χ0) is 14.8. The van der Waals surface area contributed by atoms with Gasteiger partial charge in [0.2, 0.25) is 0 Å². The van der Waals surface area contributed by atoms with Crippen molar-refractivity contribution in [2.24, 2.45) is 4.99 Å². The van der Waals surface area contributed by atoms with Crippen LogP contribution in [0.3, 0.4) is 0 Å². The molecule has 1 atom stereocenters. The maximum atomic E-state index is 13.5. The smallest absolute Gasteiger partial charge is 0.191 e. The van der Waals surface area contributed by atoms with E-state index in [1.54, 1.807) is 19.2 Å². The van der Waals surface area contributed by atoms with Crippen LogP contribution in [0.1, 0.15) is 19.4 Å². The highest BCUT2D eigenvalue weighted by Gasteiger charge is 2.04. The fourth-order valence-corrected chi connectivity index (χ4v) is 1.83. The zero-order valence-electron chi connectivity index (χ0n) is 12.4. The maximum Gasteiger partial charge on any atom is 0.191 e. The van der Waals surface area contributed by atoms with Crippen molar-refractivity contribution < 1.29 is 9.13 Å². The summed E-state index contributed by atoms with van der Waals surface area (Å²) in [5.74, 6) is 0.557. The molecular formula is C15H24FN3O. The fraction of sp³-hybridized carbons (Fsp3) is 0.533. The first kappa shape index (κ1) is 16.4. The Hall–Kier alpha value is -1.62. The Morgan fingerprint density at radius 3 is 2.80 bits per heavy atom. The topological polar surface area (TPSA) is 45.7 Å². The standard InChI is InChI=1S/C15H24FN3O/c1-4-17-15(19-12(2)11-20-3)18-10-9-13-7-5-6-8-14(13)16/h5-8,12H,4,9-11H2,1-3H3,(H2,17,18,19). The molecule has 112 valence electrons. The first-order valence-electron chi connectivity index (χ1n) is 6.94. The molecule has 2 N–H and O–H groups in total. The average molecular weight is 281 g/mol. The molecule has 1 aromatic rings. The summed E-state index contributed by atoms with van der Waals surface area (Å²) in [6.07, 6.45) is 0.585. The number of methoxy groups -OCH3 is 1. The Kier molecular flexibility index (Phi) is 7.65. The van der Waals surface area contributed by atoms with Crippen LogP contribution in [0.2, 0.25) is 0 Å². The lowest BCUT2D eigenvalue weighted by Gasteiger charge is -2.17. The summed E-state index contributed by atoms with van der Waals surface area (Å²) in [4.78, 5) is 4.44. The second kappa shape index (κ2) is 9.31. The van der Waals surface area contributed by atoms with Gasteiger partial charge in [0, 0.05) is 26.2 Å². The van der Waals surface area contributed by atoms with Crippen molar-refractivity contribution in [2.75, 3.05) is 26.8 Å². The molecule has 20 heavy (non-hydrogen) atoms. The third-order valence-corrected chi connectivity index (χ3v) is 2.75. The Morgan fingerprint density at radius 1 is 1.40 bits per heavy atom. The first-order valence-corrected chi connectivity index (χ1v) is 6.94. The van der Waals surface area contributed by atoms with Gasteiger partial charge in [-0.1, -0.05) is 18.2 Å². The van der Waals surface area contributed by atoms with Crippen molar-refractivity contribution in [3.63, 3.8) is 0 Å². The third kappa shape index (κ3) is 6.02. The van der Waals surface area contributed by atoms with Crippen LogP contribution >= 0.6 is 0 Å². The van der Waals surface area contributed by atoms with Crippen LogP contribution in [0.5, 0.6) is 0 Å². The highest BCUT2D eigenvalue weighted by Crippen LogP contribution is 2.06. The number of benzene rings is 1. The molecule has 0 aromatic heterocycles. The number of guanidine groups is 1. The molecule has 1 aromatic carbocycles. The number of ether oxygens (including phenoxy) is 1. The van der Waals surface area contributed by atoms with Crippen LogP contribution in [-0.2, 0) is 11.2 Å². The molecular weight excluding hydrogens is 257 g/mol. The quantitative estimate of drug-likeness (QED) is 0.593. The van der Waals surface area contributed by atoms with Gasteiger partial charge in [0.05, 0.1) is 6.61 Å². The predicted molar refractivity (Wildman–Crippen MR) is 80.6 cm³/mol. The average Bonchev–Trinajstić information content (AvgIpc) is 2.41. The van der Waals surface area contributed by atoms with E-state index in [1.807, 2.05) is 19.9 Å². The van der Waals surface area contributed by atoms with Gasteiger partial charge in [-0.2, -0.15) is 0 Å². The molecule has 4 nitrogen and oxygen atoms in total. The summed E-state index contributed by atoms with van der Waals surface area (Å²) in [5, 5.41) is 6.40. The number of aliphatic imine (C=N–C) groups is 1. The number of halogens is 1. The van der Waals surface area contributed by atoms with E-state index in [9.17, 15) is 4.39 Å². The lowest BCUT2D eigenvalue weighted by Crippen LogP contribution is -2.44. The summed E-state index contributed by atoms with van der Waals surface area (Å²) in [5.41, 5.74) is 0.692. The molecule has 0 fully saturated rings. The Balaban J connectivity index is 2.52. The fourth-order valence-electron chi connectivity index (χ4n) is 1.83. The van der Waals surface area contributed by atoms with Crippen LogP contribution in [0.25, 0.3) is 0 Å². The second-order valence-electron chi connectivity index (χ2n) is 4.60. The molecule has 1 unspecified atom stereocenters. The van der Waals surface area contributed by atoms with Gasteiger partial charge < -0.3 is 15.4 Å². The molecule has 0 amide bonds. The Bertz CT molecular complexity index is 423. The molecule has 1 rings (SSSR count). The van der Waals surface area contributed by atoms with Crippen LogP contribution < -0.4 is 10.6 Å². The van der Waals surface area contributed by atoms with E-state index in [2.05, 4.69) is 15.6 Å². The van der Waals surface area contributed by atoms with Crippen molar-refractivity contribution in [1.29, 1.82) is 0 Å². The van der Waals surface area contributed by atoms with E-state index >= 15 is 0 Å². The van der Waals surface area contributed by atoms with Gasteiger partial charge >= 0.3 is 0 Å². The van der Waals surface area contributed by atoms with Gasteiger partial charge in [-0.3, -0.25) is 4.99 Å². The molecule has 0 saturated heterocycles. The lowest BCUT2D eigenvalue weighted by molar-refractivity contribution is 0.179. The summed E-state index contributed by atoms with van der Waals surface area (Å²) in [6.45, 7) is 5.96. The Morgan fingerprint density at radius 2 is 2.15 bits per heavy atom. The molecule has 0 aliphatic heterocycles. The lowest BCUT2D eigenvalue weighted by atomic mass is 10.1. The van der Waals surface area contributed by atoms with Crippen LogP contribution in [-0.4, -0.2) is 38.8 Å². The van der Waals surface area contributed by atoms with Gasteiger partial charge in [0.15, 0.2) is 5.96 Å². The van der Waals surface area contributed by atoms with Gasteiger partial charge in [-0.15, -0.1) is 0 Å². The van der Waals surface area contributed by atoms with Crippen LogP contribution in [0.4, 0.5) is 4.39 Å². The van der Waals surface area contributed by atoms with Crippen molar-refractivity contribution >= 4 is 5.96 Å². The largest absolute Gasteiger partial charge is 0.383 e. The van der Waals surface area contributed by atoms with Crippen LogP contribution in [0, 0.1) is 5.82 Å². The number of hydrogen-bond donors (Lipinski definition) is 2. The Labute approximate surface area is 120 Å². The van der Waals surface area contributed by atoms with E-state index < -0.39 is 0 Å². The summed E-state index contributed by atoms with van der Waals surface area (Å²) in [7, 11) is 1.67. The highest BCUT2D eigenvalue weighted by atomic mass is 19.1. The van der Waals surface area contributed by atoms with E-state index in [1.165, 1.54) is 6.07 Å². The summed E-state index contributed by atoms with van der Waals surface area (Å²) in [6, 6.07) is 6.97. The van der Waals surface area contributed by atoms with Gasteiger partial charge in [0.1, 0.15) is 5.82 Å². The molecule has 0 heterocycles. The van der Waals surface area contributed by atoms with Crippen molar-refractivity contribution in [2.45, 2.75) is 26.3 Å². The minimum atomic E-state index is -0.173. The number of nitrogens with zero attached hydrogens (tertiary/aromatic N) is 1. The molecule has 0 radical (unpaired) electrons. The molecule has 0 saturated carbocycles. The van der Waals surface area contributed by atoms with Crippen molar-refractivity contribution in [3.05, 3.63) is 35.6 Å². The van der Waals surface area contributed by atoms with Crippen LogP contribution in [0.15, 0.2) is 29.3 Å². The van der Waals surface area contributed by atoms with Gasteiger partial charge in [-0.05, 0) is 31.9 Å². The third-order valence-electron chi connectivity index (χ3n) is 2.75. The minimum Gasteiger partial charge on any atom is -0.383 e. The van der Waals surface area contributed by atoms with E-state index in [0.29, 0.717) is 25.1 Å². The first-order chi connectivity index (χ1) is 9.67. The second-order valence-corrected chi connectivity index (χ2v) is 4.60. The van der Waals surface area contributed by atoms with E-state index in [4.69, 9.17) is 4.74 Å². The van der Waals surface area contributed by atoms with Gasteiger partial charge in [-0.25, -0.2) is 4.39 Å².